The van der Waals surface area contributed by atoms with Crippen LogP contribution in [0.1, 0.15) is 43.2 Å². The zero-order chi connectivity index (χ0) is 13.9. The third kappa shape index (κ3) is 1.71. The molecule has 2 nitrogen and oxygen atoms in total. The average Bonchev–Trinajstić information content (AvgIpc) is 2.45. The van der Waals surface area contributed by atoms with Crippen molar-refractivity contribution in [3.05, 3.63) is 26.8 Å². The number of likely N-dealkylation sites (tertiary alicyclic amines) is 1. The van der Waals surface area contributed by atoms with Gasteiger partial charge >= 0.3 is 0 Å². The Bertz CT molecular complexity index is 558. The zero-order valence-electron chi connectivity index (χ0n) is 12.0. The molecule has 0 aromatic heterocycles. The topological polar surface area (TPSA) is 23.5 Å². The van der Waals surface area contributed by atoms with Crippen molar-refractivity contribution < 1.29 is 5.11 Å². The molecule has 0 radical (unpaired) electrons. The second kappa shape index (κ2) is 4.60. The number of phenolic OH excluding ortho intramolecular Hbond substituents is 1. The van der Waals surface area contributed by atoms with Gasteiger partial charge in [0.1, 0.15) is 5.75 Å². The first-order chi connectivity index (χ1) is 9.62. The number of hydrogen-bond donors (Lipinski definition) is 1. The molecule has 2 fully saturated rings. The minimum absolute atomic E-state index is 0.366. The van der Waals surface area contributed by atoms with Crippen molar-refractivity contribution in [2.45, 2.75) is 50.0 Å². The number of rotatable bonds is 0. The Morgan fingerprint density at radius 3 is 3.00 bits per heavy atom. The second-order valence-electron chi connectivity index (χ2n) is 6.97. The fraction of sp³-hybridized carbons (Fsp3) is 0.647. The predicted molar refractivity (Wildman–Crippen MR) is 89.2 cm³/mol. The molecule has 0 unspecified atom stereocenters. The summed E-state index contributed by atoms with van der Waals surface area (Å²) in [5, 5.41) is 10.2. The lowest BCUT2D eigenvalue weighted by Crippen LogP contribution is -2.59. The molecule has 1 aromatic carbocycles. The predicted octanol–water partition coefficient (Wildman–Crippen LogP) is 3.69. The first kappa shape index (κ1) is 13.4. The molecule has 2 bridgehead atoms. The minimum atomic E-state index is 0.366. The smallest absolute Gasteiger partial charge is 0.129 e. The van der Waals surface area contributed by atoms with E-state index in [1.165, 1.54) is 56.2 Å². The molecule has 1 N–H and O–H groups in total. The first-order valence-electron chi connectivity index (χ1n) is 7.84. The molecule has 1 aromatic rings. The van der Waals surface area contributed by atoms with E-state index in [1.54, 1.807) is 0 Å². The first-order valence-corrected chi connectivity index (χ1v) is 8.92. The normalized spacial score (nSPS) is 36.3. The number of hydrogen-bond acceptors (Lipinski definition) is 2. The van der Waals surface area contributed by atoms with E-state index in [0.717, 1.165) is 15.5 Å². The van der Waals surface area contributed by atoms with Gasteiger partial charge in [-0.2, -0.15) is 0 Å². The number of fused-ring (bicyclic) bond motifs is 1. The van der Waals surface area contributed by atoms with Crippen molar-refractivity contribution >= 4 is 22.6 Å². The van der Waals surface area contributed by atoms with Gasteiger partial charge in [-0.25, -0.2) is 0 Å². The minimum Gasteiger partial charge on any atom is -0.507 e. The van der Waals surface area contributed by atoms with Crippen LogP contribution in [0, 0.1) is 9.49 Å². The van der Waals surface area contributed by atoms with Gasteiger partial charge in [0, 0.05) is 11.5 Å². The van der Waals surface area contributed by atoms with Gasteiger partial charge in [-0.3, -0.25) is 0 Å². The van der Waals surface area contributed by atoms with Crippen LogP contribution in [0.3, 0.4) is 0 Å². The van der Waals surface area contributed by atoms with E-state index in [-0.39, 0.29) is 0 Å². The summed E-state index contributed by atoms with van der Waals surface area (Å²) in [6.07, 6.45) is 7.91. The Kier molecular flexibility index (Phi) is 3.08. The molecule has 2 aliphatic carbocycles. The molecule has 1 saturated carbocycles. The molecule has 108 valence electrons. The Hall–Kier alpha value is -0.290. The van der Waals surface area contributed by atoms with Gasteiger partial charge in [0.25, 0.3) is 0 Å². The summed E-state index contributed by atoms with van der Waals surface area (Å²) in [5.74, 6) is 1.29. The van der Waals surface area contributed by atoms with Crippen LogP contribution in [0.4, 0.5) is 0 Å². The van der Waals surface area contributed by atoms with Crippen LogP contribution in [0.2, 0.25) is 0 Å². The monoisotopic (exact) mass is 383 g/mol. The van der Waals surface area contributed by atoms with E-state index >= 15 is 0 Å². The summed E-state index contributed by atoms with van der Waals surface area (Å²) >= 11 is 2.26. The lowest BCUT2D eigenvalue weighted by atomic mass is 9.52. The third-order valence-electron chi connectivity index (χ3n) is 6.18. The highest BCUT2D eigenvalue weighted by Crippen LogP contribution is 2.56. The molecule has 3 aliphatic rings. The van der Waals surface area contributed by atoms with Crippen molar-refractivity contribution in [3.63, 3.8) is 0 Å². The van der Waals surface area contributed by atoms with Crippen LogP contribution >= 0.6 is 22.6 Å². The van der Waals surface area contributed by atoms with Crippen LogP contribution in [0.25, 0.3) is 0 Å². The Morgan fingerprint density at radius 1 is 1.30 bits per heavy atom. The van der Waals surface area contributed by atoms with Gasteiger partial charge in [0.15, 0.2) is 0 Å². The van der Waals surface area contributed by atoms with Gasteiger partial charge in [-0.05, 0) is 91.0 Å². The van der Waals surface area contributed by atoms with Gasteiger partial charge in [0.2, 0.25) is 0 Å². The Balaban J connectivity index is 1.92. The van der Waals surface area contributed by atoms with Crippen LogP contribution in [0.5, 0.6) is 5.75 Å². The molecule has 20 heavy (non-hydrogen) atoms. The molecule has 1 heterocycles. The SMILES string of the molecule is CN1CC[C@]23CCCC[C@H]2[C@@H]1Cc1cc(I)c(O)cc13. The molecule has 0 spiro atoms. The standard InChI is InChI=1S/C17H22INO/c1-19-7-6-17-5-3-2-4-12(17)15(19)9-11-8-14(18)16(20)10-13(11)17/h8,10,12,15,20H,2-7,9H2,1H3/t12-,15-,17+/m0/s1. The summed E-state index contributed by atoms with van der Waals surface area (Å²) in [7, 11) is 2.31. The van der Waals surface area contributed by atoms with Crippen LogP contribution in [-0.4, -0.2) is 29.6 Å². The molecule has 1 aliphatic heterocycles. The van der Waals surface area contributed by atoms with Gasteiger partial charge in [0.05, 0.1) is 3.57 Å². The molecular weight excluding hydrogens is 361 g/mol. The van der Waals surface area contributed by atoms with E-state index in [2.05, 4.69) is 46.7 Å². The average molecular weight is 383 g/mol. The van der Waals surface area contributed by atoms with Crippen LogP contribution in [0.15, 0.2) is 12.1 Å². The summed E-state index contributed by atoms with van der Waals surface area (Å²) < 4.78 is 1.01. The zero-order valence-corrected chi connectivity index (χ0v) is 14.2. The summed E-state index contributed by atoms with van der Waals surface area (Å²) in [5.41, 5.74) is 3.36. The lowest BCUT2D eigenvalue weighted by Gasteiger charge is -2.58. The Labute approximate surface area is 134 Å². The van der Waals surface area contributed by atoms with E-state index in [9.17, 15) is 5.11 Å². The number of aromatic hydroxyl groups is 1. The Morgan fingerprint density at radius 2 is 2.15 bits per heavy atom. The molecular formula is C17H22INO. The maximum absolute atomic E-state index is 10.2. The van der Waals surface area contributed by atoms with Gasteiger partial charge in [-0.1, -0.05) is 12.8 Å². The van der Waals surface area contributed by atoms with E-state index in [1.807, 2.05) is 0 Å². The van der Waals surface area contributed by atoms with Crippen molar-refractivity contribution in [1.29, 1.82) is 0 Å². The number of phenols is 1. The van der Waals surface area contributed by atoms with Crippen molar-refractivity contribution in [2.24, 2.45) is 5.92 Å². The quantitative estimate of drug-likeness (QED) is 0.691. The largest absolute Gasteiger partial charge is 0.507 e. The van der Waals surface area contributed by atoms with Gasteiger partial charge in [-0.15, -0.1) is 0 Å². The van der Waals surface area contributed by atoms with Crippen molar-refractivity contribution in [3.8, 4) is 5.75 Å². The molecule has 1 saturated heterocycles. The van der Waals surface area contributed by atoms with Crippen LogP contribution in [-0.2, 0) is 11.8 Å². The van der Waals surface area contributed by atoms with Crippen molar-refractivity contribution in [1.82, 2.24) is 4.90 Å². The van der Waals surface area contributed by atoms with E-state index in [0.29, 0.717) is 11.2 Å². The number of benzene rings is 1. The van der Waals surface area contributed by atoms with Gasteiger partial charge < -0.3 is 10.0 Å². The van der Waals surface area contributed by atoms with Crippen molar-refractivity contribution in [2.75, 3.05) is 13.6 Å². The maximum Gasteiger partial charge on any atom is 0.129 e. The fourth-order valence-electron chi connectivity index (χ4n) is 5.21. The van der Waals surface area contributed by atoms with Crippen LogP contribution < -0.4 is 0 Å². The number of nitrogens with zero attached hydrogens (tertiary/aromatic N) is 1. The summed E-state index contributed by atoms with van der Waals surface area (Å²) in [4.78, 5) is 2.59. The lowest BCUT2D eigenvalue weighted by molar-refractivity contribution is 0.00270. The second-order valence-corrected chi connectivity index (χ2v) is 8.13. The number of piperidine rings is 1. The van der Waals surface area contributed by atoms with E-state index in [4.69, 9.17) is 0 Å². The van der Waals surface area contributed by atoms with E-state index < -0.39 is 0 Å². The highest BCUT2D eigenvalue weighted by atomic mass is 127. The molecule has 3 heteroatoms. The fourth-order valence-corrected chi connectivity index (χ4v) is 5.75. The number of likely N-dealkylation sites (N-methyl/N-ethyl adjacent to an activating group) is 1. The molecule has 0 amide bonds. The summed E-state index contributed by atoms with van der Waals surface area (Å²) in [6, 6.07) is 5.07. The third-order valence-corrected chi connectivity index (χ3v) is 7.04. The number of halogens is 1. The molecule has 4 rings (SSSR count). The summed E-state index contributed by atoms with van der Waals surface area (Å²) in [6.45, 7) is 1.22. The maximum atomic E-state index is 10.2. The molecule has 3 atom stereocenters. The highest BCUT2D eigenvalue weighted by Gasteiger charge is 2.53. The highest BCUT2D eigenvalue weighted by molar-refractivity contribution is 14.1.